The zero-order chi connectivity index (χ0) is 23.7. The predicted octanol–water partition coefficient (Wildman–Crippen LogP) is 4.92. The molecule has 0 spiro atoms. The third-order valence-electron chi connectivity index (χ3n) is 5.29. The van der Waals surface area contributed by atoms with Crippen LogP contribution in [-0.4, -0.2) is 23.0 Å². The van der Waals surface area contributed by atoms with E-state index >= 15 is 0 Å². The first-order valence-electron chi connectivity index (χ1n) is 10.3. The van der Waals surface area contributed by atoms with Gasteiger partial charge < -0.3 is 5.11 Å². The molecule has 7 heteroatoms. The Labute approximate surface area is 196 Å². The molecule has 1 aliphatic heterocycles. The van der Waals surface area contributed by atoms with Gasteiger partial charge in [-0.2, -0.15) is 0 Å². The summed E-state index contributed by atoms with van der Waals surface area (Å²) in [5.74, 6) is -1.55. The molecule has 0 aliphatic carbocycles. The van der Waals surface area contributed by atoms with Gasteiger partial charge in [0, 0.05) is 5.02 Å². The van der Waals surface area contributed by atoms with Crippen LogP contribution in [0.3, 0.4) is 0 Å². The van der Waals surface area contributed by atoms with E-state index in [-0.39, 0.29) is 17.0 Å². The Bertz CT molecular complexity index is 1290. The molecular formula is C26H21ClN2O4. The number of imide groups is 2. The van der Waals surface area contributed by atoms with Gasteiger partial charge in [0.15, 0.2) is 0 Å². The summed E-state index contributed by atoms with van der Waals surface area (Å²) in [4.78, 5) is 39.0. The second kappa shape index (κ2) is 8.92. The quantitative estimate of drug-likeness (QED) is 0.427. The number of anilines is 1. The van der Waals surface area contributed by atoms with Crippen LogP contribution in [0.4, 0.5) is 10.5 Å². The Hall–Kier alpha value is -3.90. The molecule has 1 saturated heterocycles. The van der Waals surface area contributed by atoms with Crippen molar-refractivity contribution in [2.24, 2.45) is 0 Å². The molecule has 0 radical (unpaired) electrons. The molecular weight excluding hydrogens is 440 g/mol. The molecule has 166 valence electrons. The van der Waals surface area contributed by atoms with Gasteiger partial charge >= 0.3 is 6.03 Å². The maximum atomic E-state index is 13.2. The van der Waals surface area contributed by atoms with Gasteiger partial charge in [-0.25, -0.2) is 9.69 Å². The average molecular weight is 461 g/mol. The fraction of sp³-hybridized carbons (Fsp3) is 0.115. The van der Waals surface area contributed by atoms with E-state index in [9.17, 15) is 19.5 Å². The van der Waals surface area contributed by atoms with Crippen molar-refractivity contribution < 1.29 is 19.5 Å². The molecule has 4 rings (SSSR count). The fourth-order valence-corrected chi connectivity index (χ4v) is 4.08. The Morgan fingerprint density at radius 2 is 1.61 bits per heavy atom. The van der Waals surface area contributed by atoms with Crippen LogP contribution in [0.1, 0.15) is 27.8 Å². The molecule has 0 unspecified atom stereocenters. The van der Waals surface area contributed by atoms with Gasteiger partial charge in [0.2, 0.25) is 0 Å². The Kier molecular flexibility index (Phi) is 6.03. The fourth-order valence-electron chi connectivity index (χ4n) is 3.90. The van der Waals surface area contributed by atoms with E-state index in [0.29, 0.717) is 17.0 Å². The number of phenolic OH excluding ortho intramolecular Hbond substituents is 1. The number of barbiturate groups is 1. The van der Waals surface area contributed by atoms with Gasteiger partial charge in [0.05, 0.1) is 5.69 Å². The summed E-state index contributed by atoms with van der Waals surface area (Å²) in [5, 5.41) is 12.2. The first-order valence-corrected chi connectivity index (χ1v) is 10.6. The summed E-state index contributed by atoms with van der Waals surface area (Å²) in [6, 6.07) is 16.3. The number of phenols is 1. The number of halogens is 1. The van der Waals surface area contributed by atoms with Crippen LogP contribution in [0.2, 0.25) is 5.02 Å². The van der Waals surface area contributed by atoms with Crippen molar-refractivity contribution in [1.82, 2.24) is 5.32 Å². The number of aryl methyl sites for hydroxylation is 2. The number of hydrogen-bond donors (Lipinski definition) is 2. The molecule has 1 aliphatic rings. The lowest BCUT2D eigenvalue weighted by Crippen LogP contribution is -2.54. The largest absolute Gasteiger partial charge is 0.508 e. The number of rotatable bonds is 4. The van der Waals surface area contributed by atoms with Gasteiger partial charge in [-0.05, 0) is 79.4 Å². The topological polar surface area (TPSA) is 86.7 Å². The summed E-state index contributed by atoms with van der Waals surface area (Å²) in [7, 11) is 0. The van der Waals surface area contributed by atoms with E-state index in [1.54, 1.807) is 12.1 Å². The number of urea groups is 1. The minimum atomic E-state index is -0.852. The highest BCUT2D eigenvalue weighted by atomic mass is 35.5. The third-order valence-corrected chi connectivity index (χ3v) is 5.53. The molecule has 33 heavy (non-hydrogen) atoms. The van der Waals surface area contributed by atoms with Crippen LogP contribution in [0, 0.1) is 13.8 Å². The zero-order valence-electron chi connectivity index (χ0n) is 18.1. The molecule has 4 amide bonds. The van der Waals surface area contributed by atoms with Crippen molar-refractivity contribution in [2.45, 2.75) is 20.3 Å². The number of amides is 4. The average Bonchev–Trinajstić information content (AvgIpc) is 2.73. The molecule has 1 heterocycles. The number of aromatic hydroxyl groups is 1. The first-order chi connectivity index (χ1) is 15.7. The maximum absolute atomic E-state index is 13.2. The highest BCUT2D eigenvalue weighted by Crippen LogP contribution is 2.27. The second-order valence-electron chi connectivity index (χ2n) is 7.99. The number of benzene rings is 3. The van der Waals surface area contributed by atoms with E-state index in [4.69, 9.17) is 11.6 Å². The Balaban J connectivity index is 1.74. The minimum Gasteiger partial charge on any atom is -0.508 e. The number of carbonyl (C=O) groups is 3. The van der Waals surface area contributed by atoms with Crippen molar-refractivity contribution in [3.63, 3.8) is 0 Å². The molecule has 0 atom stereocenters. The highest BCUT2D eigenvalue weighted by molar-refractivity contribution is 6.39. The number of hydrogen-bond acceptors (Lipinski definition) is 4. The van der Waals surface area contributed by atoms with Crippen molar-refractivity contribution in [3.8, 4) is 5.75 Å². The van der Waals surface area contributed by atoms with Gasteiger partial charge in [-0.1, -0.05) is 47.0 Å². The molecule has 1 fully saturated rings. The third kappa shape index (κ3) is 4.81. The number of nitrogens with one attached hydrogen (secondary N) is 1. The van der Waals surface area contributed by atoms with Crippen LogP contribution >= 0.6 is 11.6 Å². The van der Waals surface area contributed by atoms with Crippen molar-refractivity contribution >= 4 is 41.2 Å². The molecule has 3 aromatic rings. The van der Waals surface area contributed by atoms with Crippen molar-refractivity contribution in [1.29, 1.82) is 0 Å². The van der Waals surface area contributed by atoms with Crippen molar-refractivity contribution in [2.75, 3.05) is 4.90 Å². The monoisotopic (exact) mass is 460 g/mol. The molecule has 0 saturated carbocycles. The lowest BCUT2D eigenvalue weighted by Gasteiger charge is -2.26. The van der Waals surface area contributed by atoms with Gasteiger partial charge in [-0.15, -0.1) is 0 Å². The SMILES string of the molecule is Cc1cc(C)cc(Cc2ccc(Cl)cc2/C=C2\C(=O)NC(=O)N(c3ccc(O)cc3)C2=O)c1. The van der Waals surface area contributed by atoms with Crippen LogP contribution < -0.4 is 10.2 Å². The zero-order valence-corrected chi connectivity index (χ0v) is 18.8. The van der Waals surface area contributed by atoms with Crippen molar-refractivity contribution in [3.05, 3.63) is 99.1 Å². The van der Waals surface area contributed by atoms with Crippen LogP contribution in [-0.2, 0) is 16.0 Å². The van der Waals surface area contributed by atoms with E-state index in [1.165, 1.54) is 30.3 Å². The normalized spacial score (nSPS) is 15.2. The predicted molar refractivity (Wildman–Crippen MR) is 127 cm³/mol. The standard InChI is InChI=1S/C26H21ClN2O4/c1-15-9-16(2)11-17(10-15)12-18-3-4-20(27)13-19(18)14-23-24(31)28-26(33)29(25(23)32)21-5-7-22(30)8-6-21/h3-11,13-14,30H,12H2,1-2H3,(H,28,31,33)/b23-14+. The summed E-state index contributed by atoms with van der Waals surface area (Å²) in [6.07, 6.45) is 2.04. The Morgan fingerprint density at radius 3 is 2.27 bits per heavy atom. The summed E-state index contributed by atoms with van der Waals surface area (Å²) >= 11 is 6.22. The molecule has 6 nitrogen and oxygen atoms in total. The van der Waals surface area contributed by atoms with Gasteiger partial charge in [-0.3, -0.25) is 14.9 Å². The Morgan fingerprint density at radius 1 is 0.939 bits per heavy atom. The maximum Gasteiger partial charge on any atom is 0.335 e. The molecule has 0 bridgehead atoms. The van der Waals surface area contributed by atoms with E-state index < -0.39 is 17.8 Å². The summed E-state index contributed by atoms with van der Waals surface area (Å²) < 4.78 is 0. The molecule has 2 N–H and O–H groups in total. The van der Waals surface area contributed by atoms with Gasteiger partial charge in [0.1, 0.15) is 11.3 Å². The lowest BCUT2D eigenvalue weighted by molar-refractivity contribution is -0.122. The van der Waals surface area contributed by atoms with Crippen LogP contribution in [0.5, 0.6) is 5.75 Å². The van der Waals surface area contributed by atoms with Crippen LogP contribution in [0.25, 0.3) is 6.08 Å². The minimum absolute atomic E-state index is 0.00888. The van der Waals surface area contributed by atoms with E-state index in [1.807, 2.05) is 19.9 Å². The molecule has 0 aromatic heterocycles. The first kappa shape index (κ1) is 22.3. The summed E-state index contributed by atoms with van der Waals surface area (Å²) in [5.41, 5.74) is 4.91. The smallest absolute Gasteiger partial charge is 0.335 e. The number of nitrogens with zero attached hydrogens (tertiary/aromatic N) is 1. The van der Waals surface area contributed by atoms with E-state index in [0.717, 1.165) is 27.2 Å². The van der Waals surface area contributed by atoms with Crippen LogP contribution in [0.15, 0.2) is 66.2 Å². The highest BCUT2D eigenvalue weighted by Gasteiger charge is 2.36. The van der Waals surface area contributed by atoms with E-state index in [2.05, 4.69) is 23.5 Å². The lowest BCUT2D eigenvalue weighted by atomic mass is 9.95. The number of carbonyl (C=O) groups excluding carboxylic acids is 3. The van der Waals surface area contributed by atoms with Gasteiger partial charge in [0.25, 0.3) is 11.8 Å². The second-order valence-corrected chi connectivity index (χ2v) is 8.43. The summed E-state index contributed by atoms with van der Waals surface area (Å²) in [6.45, 7) is 4.06. The molecule has 3 aromatic carbocycles.